The van der Waals surface area contributed by atoms with Crippen molar-refractivity contribution >= 4 is 5.91 Å². The second kappa shape index (κ2) is 5.48. The van der Waals surface area contributed by atoms with E-state index in [9.17, 15) is 9.18 Å². The normalized spacial score (nSPS) is 21.7. The average Bonchev–Trinajstić information content (AvgIpc) is 2.50. The first-order valence-corrected chi connectivity index (χ1v) is 6.33. The van der Waals surface area contributed by atoms with E-state index in [0.717, 1.165) is 26.1 Å². The molecule has 0 aliphatic carbocycles. The molecule has 1 aromatic carbocycles. The third-order valence-electron chi connectivity index (χ3n) is 3.40. The molecule has 1 atom stereocenters. The molecule has 0 aromatic heterocycles. The molecule has 1 aliphatic heterocycles. The van der Waals surface area contributed by atoms with E-state index in [1.165, 1.54) is 12.1 Å². The minimum absolute atomic E-state index is 0.00204. The Morgan fingerprint density at radius 1 is 1.28 bits per heavy atom. The minimum atomic E-state index is -0.310. The molecule has 1 fully saturated rings. The van der Waals surface area contributed by atoms with Crippen molar-refractivity contribution in [3.8, 4) is 0 Å². The number of benzene rings is 1. The average molecular weight is 250 g/mol. The maximum Gasteiger partial charge on any atom is 0.254 e. The van der Waals surface area contributed by atoms with Crippen LogP contribution in [0.3, 0.4) is 0 Å². The van der Waals surface area contributed by atoms with Gasteiger partial charge in [-0.2, -0.15) is 0 Å². The predicted octanol–water partition coefficient (Wildman–Crippen LogP) is 1.99. The number of likely N-dealkylation sites (N-methyl/N-ethyl adjacent to an activating group) is 1. The highest BCUT2D eigenvalue weighted by Crippen LogP contribution is 2.13. The molecular formula is C14H19FN2O. The number of hydrogen-bond donors (Lipinski definition) is 0. The van der Waals surface area contributed by atoms with Crippen molar-refractivity contribution in [3.05, 3.63) is 35.6 Å². The highest BCUT2D eigenvalue weighted by atomic mass is 19.1. The van der Waals surface area contributed by atoms with Gasteiger partial charge in [-0.25, -0.2) is 4.39 Å². The quantitative estimate of drug-likeness (QED) is 0.761. The van der Waals surface area contributed by atoms with Crippen LogP contribution in [0, 0.1) is 5.82 Å². The zero-order valence-corrected chi connectivity index (χ0v) is 10.9. The van der Waals surface area contributed by atoms with E-state index in [0.29, 0.717) is 5.56 Å². The molecule has 4 heteroatoms. The largest absolute Gasteiger partial charge is 0.335 e. The van der Waals surface area contributed by atoms with Crippen molar-refractivity contribution in [1.82, 2.24) is 9.80 Å². The summed E-state index contributed by atoms with van der Waals surface area (Å²) in [5, 5.41) is 0. The number of rotatable bonds is 1. The molecule has 0 bridgehead atoms. The second-order valence-electron chi connectivity index (χ2n) is 4.97. The van der Waals surface area contributed by atoms with Gasteiger partial charge in [0.2, 0.25) is 0 Å². The van der Waals surface area contributed by atoms with Crippen LogP contribution in [0.1, 0.15) is 23.7 Å². The summed E-state index contributed by atoms with van der Waals surface area (Å²) in [4.78, 5) is 16.5. The Labute approximate surface area is 107 Å². The number of nitrogens with zero attached hydrogens (tertiary/aromatic N) is 2. The molecule has 0 radical (unpaired) electrons. The van der Waals surface area contributed by atoms with Crippen molar-refractivity contribution in [2.24, 2.45) is 0 Å². The van der Waals surface area contributed by atoms with Crippen molar-refractivity contribution in [2.45, 2.75) is 19.4 Å². The molecule has 0 N–H and O–H groups in total. The van der Waals surface area contributed by atoms with Gasteiger partial charge in [0.15, 0.2) is 0 Å². The van der Waals surface area contributed by atoms with E-state index in [1.54, 1.807) is 12.1 Å². The minimum Gasteiger partial charge on any atom is -0.335 e. The van der Waals surface area contributed by atoms with Crippen LogP contribution in [0.5, 0.6) is 0 Å². The zero-order chi connectivity index (χ0) is 13.1. The lowest BCUT2D eigenvalue weighted by atomic mass is 10.1. The Morgan fingerprint density at radius 3 is 2.61 bits per heavy atom. The number of halogens is 1. The first kappa shape index (κ1) is 13.0. The molecule has 1 aromatic rings. The molecule has 3 nitrogen and oxygen atoms in total. The van der Waals surface area contributed by atoms with Gasteiger partial charge in [-0.1, -0.05) is 0 Å². The topological polar surface area (TPSA) is 23.6 Å². The molecule has 1 unspecified atom stereocenters. The van der Waals surface area contributed by atoms with Gasteiger partial charge in [0.05, 0.1) is 0 Å². The van der Waals surface area contributed by atoms with Crippen LogP contribution < -0.4 is 0 Å². The van der Waals surface area contributed by atoms with Crippen LogP contribution in [0.25, 0.3) is 0 Å². The first-order chi connectivity index (χ1) is 8.58. The SMILES string of the molecule is CC1CN(C)CCCN1C(=O)c1ccc(F)cc1. The zero-order valence-electron chi connectivity index (χ0n) is 10.9. The van der Waals surface area contributed by atoms with Gasteiger partial charge in [0.25, 0.3) is 5.91 Å². The third-order valence-corrected chi connectivity index (χ3v) is 3.40. The summed E-state index contributed by atoms with van der Waals surface area (Å²) in [7, 11) is 2.07. The van der Waals surface area contributed by atoms with Crippen LogP contribution in [0.2, 0.25) is 0 Å². The molecule has 1 amide bonds. The fourth-order valence-electron chi connectivity index (χ4n) is 2.43. The van der Waals surface area contributed by atoms with E-state index < -0.39 is 0 Å². The van der Waals surface area contributed by atoms with Gasteiger partial charge in [-0.15, -0.1) is 0 Å². The fourth-order valence-corrected chi connectivity index (χ4v) is 2.43. The van der Waals surface area contributed by atoms with Gasteiger partial charge in [0, 0.05) is 24.7 Å². The van der Waals surface area contributed by atoms with Crippen molar-refractivity contribution in [2.75, 3.05) is 26.7 Å². The van der Waals surface area contributed by atoms with Crippen LogP contribution in [-0.4, -0.2) is 48.4 Å². The molecular weight excluding hydrogens is 231 g/mol. The van der Waals surface area contributed by atoms with E-state index in [4.69, 9.17) is 0 Å². The monoisotopic (exact) mass is 250 g/mol. The molecule has 18 heavy (non-hydrogen) atoms. The molecule has 0 spiro atoms. The molecule has 1 aliphatic rings. The summed E-state index contributed by atoms with van der Waals surface area (Å²) in [5.41, 5.74) is 0.563. The van der Waals surface area contributed by atoms with Crippen LogP contribution in [0.4, 0.5) is 4.39 Å². The second-order valence-corrected chi connectivity index (χ2v) is 4.97. The van der Waals surface area contributed by atoms with Crippen molar-refractivity contribution in [1.29, 1.82) is 0 Å². The first-order valence-electron chi connectivity index (χ1n) is 6.33. The maximum absolute atomic E-state index is 12.9. The highest BCUT2D eigenvalue weighted by molar-refractivity contribution is 5.94. The van der Waals surface area contributed by atoms with Crippen molar-refractivity contribution < 1.29 is 9.18 Å². The van der Waals surface area contributed by atoms with Gasteiger partial charge in [-0.3, -0.25) is 4.79 Å². The number of amides is 1. The molecule has 2 rings (SSSR count). The van der Waals surface area contributed by atoms with Gasteiger partial charge >= 0.3 is 0 Å². The molecule has 1 heterocycles. The summed E-state index contributed by atoms with van der Waals surface area (Å²) >= 11 is 0. The summed E-state index contributed by atoms with van der Waals surface area (Å²) in [5.74, 6) is -0.312. The van der Waals surface area contributed by atoms with E-state index in [2.05, 4.69) is 18.9 Å². The van der Waals surface area contributed by atoms with Gasteiger partial charge in [-0.05, 0) is 51.2 Å². The predicted molar refractivity (Wildman–Crippen MR) is 69.0 cm³/mol. The number of carbonyl (C=O) groups is 1. The molecule has 1 saturated heterocycles. The Balaban J connectivity index is 2.14. The highest BCUT2D eigenvalue weighted by Gasteiger charge is 2.24. The lowest BCUT2D eigenvalue weighted by Gasteiger charge is -2.28. The van der Waals surface area contributed by atoms with Gasteiger partial charge in [0.1, 0.15) is 5.82 Å². The number of hydrogen-bond acceptors (Lipinski definition) is 2. The summed E-state index contributed by atoms with van der Waals surface area (Å²) < 4.78 is 12.9. The lowest BCUT2D eigenvalue weighted by Crippen LogP contribution is -2.41. The fraction of sp³-hybridized carbons (Fsp3) is 0.500. The van der Waals surface area contributed by atoms with Crippen LogP contribution >= 0.6 is 0 Å². The summed E-state index contributed by atoms with van der Waals surface area (Å²) in [6.45, 7) is 4.72. The standard InChI is InChI=1S/C14H19FN2O/c1-11-10-16(2)8-3-9-17(11)14(18)12-4-6-13(15)7-5-12/h4-7,11H,3,8-10H2,1-2H3. The summed E-state index contributed by atoms with van der Waals surface area (Å²) in [6, 6.07) is 5.97. The Hall–Kier alpha value is -1.42. The molecule has 98 valence electrons. The van der Waals surface area contributed by atoms with Gasteiger partial charge < -0.3 is 9.80 Å². The molecule has 0 saturated carbocycles. The Bertz CT molecular complexity index is 418. The smallest absolute Gasteiger partial charge is 0.254 e. The van der Waals surface area contributed by atoms with E-state index in [1.807, 2.05) is 4.90 Å². The Morgan fingerprint density at radius 2 is 1.94 bits per heavy atom. The van der Waals surface area contributed by atoms with Crippen LogP contribution in [0.15, 0.2) is 24.3 Å². The number of carbonyl (C=O) groups excluding carboxylic acids is 1. The Kier molecular flexibility index (Phi) is 3.97. The third kappa shape index (κ3) is 2.88. The summed E-state index contributed by atoms with van der Waals surface area (Å²) in [6.07, 6.45) is 0.980. The van der Waals surface area contributed by atoms with E-state index >= 15 is 0 Å². The lowest BCUT2D eigenvalue weighted by molar-refractivity contribution is 0.0696. The van der Waals surface area contributed by atoms with Crippen LogP contribution in [-0.2, 0) is 0 Å². The van der Waals surface area contributed by atoms with Crippen molar-refractivity contribution in [3.63, 3.8) is 0 Å². The maximum atomic E-state index is 12.9. The van der Waals surface area contributed by atoms with E-state index in [-0.39, 0.29) is 17.8 Å².